The Balaban J connectivity index is 1.59. The number of amides is 1. The van der Waals surface area contributed by atoms with Crippen LogP contribution in [-0.4, -0.2) is 22.0 Å². The molecular formula is C24H28FN3O. The molecule has 152 valence electrons. The molecule has 0 spiro atoms. The molecule has 4 rings (SSSR count). The minimum absolute atomic E-state index is 0.0230. The lowest BCUT2D eigenvalue weighted by Gasteiger charge is -2.18. The van der Waals surface area contributed by atoms with Crippen LogP contribution in [0.2, 0.25) is 0 Å². The molecule has 4 nitrogen and oxygen atoms in total. The van der Waals surface area contributed by atoms with Crippen LogP contribution in [0.4, 0.5) is 10.1 Å². The maximum Gasteiger partial charge on any atom is 0.227 e. The van der Waals surface area contributed by atoms with Crippen molar-refractivity contribution in [2.75, 3.05) is 11.4 Å². The first-order chi connectivity index (χ1) is 14.2. The Morgan fingerprint density at radius 3 is 2.62 bits per heavy atom. The number of halogens is 1. The molecule has 5 heteroatoms. The zero-order valence-electron chi connectivity index (χ0n) is 17.0. The first-order valence-electron chi connectivity index (χ1n) is 10.7. The maximum absolute atomic E-state index is 14.2. The van der Waals surface area contributed by atoms with Gasteiger partial charge in [-0.3, -0.25) is 4.79 Å². The first kappa shape index (κ1) is 19.6. The Morgan fingerprint density at radius 2 is 1.79 bits per heavy atom. The summed E-state index contributed by atoms with van der Waals surface area (Å²) < 4.78 is 16.5. The average molecular weight is 394 g/mol. The van der Waals surface area contributed by atoms with Gasteiger partial charge >= 0.3 is 0 Å². The van der Waals surface area contributed by atoms with Crippen LogP contribution in [-0.2, 0) is 11.3 Å². The number of hydrogen-bond acceptors (Lipinski definition) is 2. The number of nitrogens with zero attached hydrogens (tertiary/aromatic N) is 3. The van der Waals surface area contributed by atoms with Crippen LogP contribution in [0.3, 0.4) is 0 Å². The molecule has 29 heavy (non-hydrogen) atoms. The van der Waals surface area contributed by atoms with Gasteiger partial charge in [-0.25, -0.2) is 9.37 Å². The number of carbonyl (C=O) groups is 1. The minimum atomic E-state index is -0.356. The van der Waals surface area contributed by atoms with Crippen molar-refractivity contribution in [3.63, 3.8) is 0 Å². The molecular weight excluding hydrogens is 365 g/mol. The summed E-state index contributed by atoms with van der Waals surface area (Å²) >= 11 is 0. The lowest BCUT2D eigenvalue weighted by atomic mass is 10.1. The number of imidazole rings is 1. The first-order valence-corrected chi connectivity index (χ1v) is 10.7. The molecule has 0 aliphatic carbocycles. The number of benzene rings is 2. The van der Waals surface area contributed by atoms with Crippen LogP contribution in [0.1, 0.15) is 57.2 Å². The third-order valence-electron chi connectivity index (χ3n) is 5.80. The average Bonchev–Trinajstić information content (AvgIpc) is 3.29. The molecule has 3 aromatic rings. The fourth-order valence-electron chi connectivity index (χ4n) is 4.30. The Morgan fingerprint density at radius 1 is 1.03 bits per heavy atom. The van der Waals surface area contributed by atoms with Gasteiger partial charge in [0.15, 0.2) is 0 Å². The number of aromatic nitrogens is 2. The third-order valence-corrected chi connectivity index (χ3v) is 5.80. The number of unbranched alkanes of at least 4 members (excludes halogenated alkanes) is 4. The largest absolute Gasteiger partial charge is 0.328 e. The molecule has 2 heterocycles. The van der Waals surface area contributed by atoms with Crippen molar-refractivity contribution in [2.24, 2.45) is 0 Å². The zero-order chi connectivity index (χ0) is 20.2. The van der Waals surface area contributed by atoms with Gasteiger partial charge in [-0.2, -0.15) is 0 Å². The van der Waals surface area contributed by atoms with Crippen molar-refractivity contribution in [2.45, 2.75) is 57.9 Å². The number of rotatable bonds is 8. The van der Waals surface area contributed by atoms with Crippen molar-refractivity contribution in [3.8, 4) is 0 Å². The lowest BCUT2D eigenvalue weighted by molar-refractivity contribution is -0.117. The van der Waals surface area contributed by atoms with E-state index in [-0.39, 0.29) is 17.6 Å². The van der Waals surface area contributed by atoms with Crippen LogP contribution in [0.5, 0.6) is 0 Å². The van der Waals surface area contributed by atoms with Gasteiger partial charge in [0.05, 0.1) is 16.7 Å². The van der Waals surface area contributed by atoms with Crippen molar-refractivity contribution in [3.05, 3.63) is 60.2 Å². The smallest absolute Gasteiger partial charge is 0.227 e. The highest BCUT2D eigenvalue weighted by Gasteiger charge is 2.35. The molecule has 0 bridgehead atoms. The monoisotopic (exact) mass is 393 g/mol. The normalized spacial score (nSPS) is 16.8. The number of fused-ring (bicyclic) bond motifs is 1. The van der Waals surface area contributed by atoms with Crippen molar-refractivity contribution >= 4 is 22.6 Å². The lowest BCUT2D eigenvalue weighted by Crippen LogP contribution is -2.25. The SMILES string of the molecule is CCCCCCCn1c(C2CC(=O)N(c3ccccc3F)C2)nc2ccccc21. The predicted molar refractivity (Wildman–Crippen MR) is 115 cm³/mol. The van der Waals surface area contributed by atoms with Crippen LogP contribution in [0, 0.1) is 5.82 Å². The van der Waals surface area contributed by atoms with E-state index in [9.17, 15) is 9.18 Å². The number of carbonyl (C=O) groups excluding carboxylic acids is 1. The quantitative estimate of drug-likeness (QED) is 0.463. The Hall–Kier alpha value is -2.69. The van der Waals surface area contributed by atoms with E-state index in [1.165, 1.54) is 31.7 Å². The molecule has 2 aromatic carbocycles. The fraction of sp³-hybridized carbons (Fsp3) is 0.417. The van der Waals surface area contributed by atoms with Gasteiger partial charge in [0.25, 0.3) is 0 Å². The molecule has 1 fully saturated rings. The van der Waals surface area contributed by atoms with Crippen LogP contribution in [0.15, 0.2) is 48.5 Å². The van der Waals surface area contributed by atoms with Crippen LogP contribution < -0.4 is 4.90 Å². The van der Waals surface area contributed by atoms with E-state index in [0.717, 1.165) is 29.8 Å². The van der Waals surface area contributed by atoms with Gasteiger partial charge in [-0.05, 0) is 30.7 Å². The standard InChI is InChI=1S/C24H28FN3O/c1-2-3-4-5-10-15-27-22-14-9-7-12-20(22)26-24(27)18-16-23(29)28(17-18)21-13-8-6-11-19(21)25/h6-9,11-14,18H,2-5,10,15-17H2,1H3. The molecule has 1 aliphatic rings. The van der Waals surface area contributed by atoms with Crippen molar-refractivity contribution in [1.82, 2.24) is 9.55 Å². The highest BCUT2D eigenvalue weighted by atomic mass is 19.1. The highest BCUT2D eigenvalue weighted by Crippen LogP contribution is 2.34. The predicted octanol–water partition coefficient (Wildman–Crippen LogP) is 5.67. The summed E-state index contributed by atoms with van der Waals surface area (Å²) in [6, 6.07) is 14.7. The van der Waals surface area contributed by atoms with Crippen LogP contribution >= 0.6 is 0 Å². The molecule has 1 aromatic heterocycles. The molecule has 0 N–H and O–H groups in total. The summed E-state index contributed by atoms with van der Waals surface area (Å²) in [6.45, 7) is 3.60. The Bertz CT molecular complexity index is 997. The molecule has 1 atom stereocenters. The zero-order valence-corrected chi connectivity index (χ0v) is 17.0. The number of aryl methyl sites for hydroxylation is 1. The summed E-state index contributed by atoms with van der Waals surface area (Å²) in [5.41, 5.74) is 2.45. The van der Waals surface area contributed by atoms with E-state index in [4.69, 9.17) is 4.98 Å². The minimum Gasteiger partial charge on any atom is -0.328 e. The highest BCUT2D eigenvalue weighted by molar-refractivity contribution is 5.96. The second kappa shape index (κ2) is 8.76. The van der Waals surface area contributed by atoms with E-state index in [0.29, 0.717) is 18.7 Å². The summed E-state index contributed by atoms with van der Waals surface area (Å²) in [6.07, 6.45) is 6.42. The Labute approximate surface area is 171 Å². The number of anilines is 1. The van der Waals surface area contributed by atoms with Gasteiger partial charge in [0.2, 0.25) is 5.91 Å². The summed E-state index contributed by atoms with van der Waals surface area (Å²) in [4.78, 5) is 19.2. The summed E-state index contributed by atoms with van der Waals surface area (Å²) in [5.74, 6) is 0.534. The van der Waals surface area contributed by atoms with E-state index in [1.807, 2.05) is 18.2 Å². The second-order valence-corrected chi connectivity index (χ2v) is 7.88. The van der Waals surface area contributed by atoms with Gasteiger partial charge in [-0.1, -0.05) is 56.9 Å². The van der Waals surface area contributed by atoms with Crippen molar-refractivity contribution in [1.29, 1.82) is 0 Å². The van der Waals surface area contributed by atoms with E-state index < -0.39 is 0 Å². The second-order valence-electron chi connectivity index (χ2n) is 7.88. The molecule has 1 saturated heterocycles. The Kier molecular flexibility index (Phi) is 5.93. The molecule has 1 unspecified atom stereocenters. The van der Waals surface area contributed by atoms with Crippen molar-refractivity contribution < 1.29 is 9.18 Å². The maximum atomic E-state index is 14.2. The summed E-state index contributed by atoms with van der Waals surface area (Å²) in [7, 11) is 0. The van der Waals surface area contributed by atoms with Gasteiger partial charge in [-0.15, -0.1) is 0 Å². The molecule has 1 amide bonds. The van der Waals surface area contributed by atoms with Gasteiger partial charge in [0.1, 0.15) is 11.6 Å². The van der Waals surface area contributed by atoms with E-state index in [2.05, 4.69) is 17.6 Å². The fourth-order valence-corrected chi connectivity index (χ4v) is 4.30. The molecule has 0 saturated carbocycles. The van der Waals surface area contributed by atoms with E-state index in [1.54, 1.807) is 23.1 Å². The topological polar surface area (TPSA) is 38.1 Å². The molecule has 1 aliphatic heterocycles. The van der Waals surface area contributed by atoms with E-state index >= 15 is 0 Å². The van der Waals surface area contributed by atoms with Gasteiger partial charge < -0.3 is 9.47 Å². The van der Waals surface area contributed by atoms with Crippen LogP contribution in [0.25, 0.3) is 11.0 Å². The number of hydrogen-bond donors (Lipinski definition) is 0. The third kappa shape index (κ3) is 4.04. The number of para-hydroxylation sites is 3. The van der Waals surface area contributed by atoms with Gasteiger partial charge in [0, 0.05) is 25.4 Å². The summed E-state index contributed by atoms with van der Waals surface area (Å²) in [5, 5.41) is 0. The molecule has 0 radical (unpaired) electrons.